The van der Waals surface area contributed by atoms with E-state index in [2.05, 4.69) is 15.5 Å². The molecule has 0 aliphatic carbocycles. The van der Waals surface area contributed by atoms with Crippen LogP contribution in [0.2, 0.25) is 0 Å². The van der Waals surface area contributed by atoms with Crippen molar-refractivity contribution in [1.29, 1.82) is 0 Å². The van der Waals surface area contributed by atoms with Gasteiger partial charge in [-0.1, -0.05) is 6.07 Å². The Morgan fingerprint density at radius 3 is 2.94 bits per heavy atom. The van der Waals surface area contributed by atoms with Crippen LogP contribution in [-0.4, -0.2) is 33.9 Å². The lowest BCUT2D eigenvalue weighted by Crippen LogP contribution is -2.08. The maximum Gasteiger partial charge on any atom is 0.156 e. The average Bonchev–Trinajstić information content (AvgIpc) is 2.84. The van der Waals surface area contributed by atoms with Crippen LogP contribution in [0.5, 0.6) is 5.75 Å². The standard InChI is InChI=1S/C12H17N5O/c1-9-5-6-11(18-2)10(8-9)17-12(4-3-7-13)14-15-16-17/h5-6,8H,3-4,7,13H2,1-2H3. The molecule has 0 saturated heterocycles. The second kappa shape index (κ2) is 5.59. The Hall–Kier alpha value is -1.95. The molecular weight excluding hydrogens is 230 g/mol. The smallest absolute Gasteiger partial charge is 0.156 e. The zero-order valence-corrected chi connectivity index (χ0v) is 10.6. The number of aromatic nitrogens is 4. The molecule has 0 aliphatic rings. The van der Waals surface area contributed by atoms with Gasteiger partial charge in [-0.15, -0.1) is 5.10 Å². The summed E-state index contributed by atoms with van der Waals surface area (Å²) in [6.07, 6.45) is 1.61. The summed E-state index contributed by atoms with van der Waals surface area (Å²) in [6.45, 7) is 2.64. The second-order valence-corrected chi connectivity index (χ2v) is 4.07. The minimum absolute atomic E-state index is 0.623. The van der Waals surface area contributed by atoms with Gasteiger partial charge in [0.05, 0.1) is 7.11 Å². The van der Waals surface area contributed by atoms with Crippen molar-refractivity contribution in [2.75, 3.05) is 13.7 Å². The van der Waals surface area contributed by atoms with Gasteiger partial charge in [-0.25, -0.2) is 0 Å². The molecule has 0 saturated carbocycles. The van der Waals surface area contributed by atoms with Gasteiger partial charge in [0, 0.05) is 6.42 Å². The van der Waals surface area contributed by atoms with Gasteiger partial charge in [0.1, 0.15) is 11.4 Å². The van der Waals surface area contributed by atoms with Crippen LogP contribution in [0.3, 0.4) is 0 Å². The van der Waals surface area contributed by atoms with Crippen LogP contribution >= 0.6 is 0 Å². The molecule has 0 spiro atoms. The highest BCUT2D eigenvalue weighted by molar-refractivity contribution is 5.48. The van der Waals surface area contributed by atoms with E-state index in [0.29, 0.717) is 6.54 Å². The average molecular weight is 247 g/mol. The number of nitrogens with zero attached hydrogens (tertiary/aromatic N) is 4. The van der Waals surface area contributed by atoms with Crippen molar-refractivity contribution in [2.45, 2.75) is 19.8 Å². The van der Waals surface area contributed by atoms with E-state index >= 15 is 0 Å². The van der Waals surface area contributed by atoms with Gasteiger partial charge >= 0.3 is 0 Å². The third-order valence-electron chi connectivity index (χ3n) is 2.70. The Morgan fingerprint density at radius 2 is 2.22 bits per heavy atom. The summed E-state index contributed by atoms with van der Waals surface area (Å²) in [7, 11) is 1.64. The largest absolute Gasteiger partial charge is 0.494 e. The van der Waals surface area contributed by atoms with E-state index in [1.165, 1.54) is 0 Å². The molecule has 2 N–H and O–H groups in total. The maximum absolute atomic E-state index is 5.51. The molecule has 2 aromatic rings. The predicted molar refractivity (Wildman–Crippen MR) is 67.8 cm³/mol. The van der Waals surface area contributed by atoms with Crippen molar-refractivity contribution in [3.05, 3.63) is 29.6 Å². The van der Waals surface area contributed by atoms with E-state index in [9.17, 15) is 0 Å². The van der Waals surface area contributed by atoms with Crippen molar-refractivity contribution in [2.24, 2.45) is 5.73 Å². The third kappa shape index (κ3) is 2.48. The Balaban J connectivity index is 2.41. The number of ether oxygens (including phenoxy) is 1. The first-order chi connectivity index (χ1) is 8.76. The Morgan fingerprint density at radius 1 is 1.39 bits per heavy atom. The summed E-state index contributed by atoms with van der Waals surface area (Å²) < 4.78 is 7.05. The molecule has 1 heterocycles. The summed E-state index contributed by atoms with van der Waals surface area (Å²) in [5.41, 5.74) is 7.50. The molecule has 0 aliphatic heterocycles. The number of rotatable bonds is 5. The molecule has 6 nitrogen and oxygen atoms in total. The fourth-order valence-corrected chi connectivity index (χ4v) is 1.77. The minimum Gasteiger partial charge on any atom is -0.494 e. The van der Waals surface area contributed by atoms with Crippen LogP contribution in [0, 0.1) is 6.92 Å². The SMILES string of the molecule is COc1ccc(C)cc1-n1nnnc1CCCN. The summed E-state index contributed by atoms with van der Waals surface area (Å²) in [5.74, 6) is 1.55. The van der Waals surface area contributed by atoms with Crippen molar-refractivity contribution in [3.63, 3.8) is 0 Å². The van der Waals surface area contributed by atoms with Gasteiger partial charge in [-0.05, 0) is 48.0 Å². The molecule has 6 heteroatoms. The first kappa shape index (κ1) is 12.5. The van der Waals surface area contributed by atoms with Crippen LogP contribution < -0.4 is 10.5 Å². The lowest BCUT2D eigenvalue weighted by molar-refractivity contribution is 0.410. The van der Waals surface area contributed by atoms with E-state index in [-0.39, 0.29) is 0 Å². The van der Waals surface area contributed by atoms with Gasteiger partial charge in [0.15, 0.2) is 5.82 Å². The molecule has 0 fully saturated rings. The van der Waals surface area contributed by atoms with Gasteiger partial charge in [0.2, 0.25) is 0 Å². The second-order valence-electron chi connectivity index (χ2n) is 4.07. The van der Waals surface area contributed by atoms with Crippen LogP contribution in [-0.2, 0) is 6.42 Å². The highest BCUT2D eigenvalue weighted by Crippen LogP contribution is 2.23. The van der Waals surface area contributed by atoms with Gasteiger partial charge in [-0.3, -0.25) is 0 Å². The zero-order valence-electron chi connectivity index (χ0n) is 10.6. The van der Waals surface area contributed by atoms with Crippen molar-refractivity contribution in [3.8, 4) is 11.4 Å². The van der Waals surface area contributed by atoms with E-state index in [1.54, 1.807) is 11.8 Å². The van der Waals surface area contributed by atoms with Crippen molar-refractivity contribution >= 4 is 0 Å². The first-order valence-electron chi connectivity index (χ1n) is 5.88. The van der Waals surface area contributed by atoms with Gasteiger partial charge in [0.25, 0.3) is 0 Å². The normalized spacial score (nSPS) is 10.6. The van der Waals surface area contributed by atoms with E-state index in [4.69, 9.17) is 10.5 Å². The number of nitrogens with two attached hydrogens (primary N) is 1. The number of benzene rings is 1. The molecule has 1 aromatic heterocycles. The van der Waals surface area contributed by atoms with Crippen LogP contribution in [0.1, 0.15) is 17.8 Å². The van der Waals surface area contributed by atoms with Gasteiger partial charge in [-0.2, -0.15) is 4.68 Å². The molecule has 0 bridgehead atoms. The molecule has 0 amide bonds. The van der Waals surface area contributed by atoms with E-state index in [0.717, 1.165) is 35.7 Å². The predicted octanol–water partition coefficient (Wildman–Crippen LogP) is 0.871. The highest BCUT2D eigenvalue weighted by Gasteiger charge is 2.12. The summed E-state index contributed by atoms with van der Waals surface area (Å²) >= 11 is 0. The number of tetrazole rings is 1. The molecule has 1 aromatic carbocycles. The van der Waals surface area contributed by atoms with Crippen LogP contribution in [0.25, 0.3) is 5.69 Å². The molecule has 0 unspecified atom stereocenters. The molecule has 0 radical (unpaired) electrons. The fraction of sp³-hybridized carbons (Fsp3) is 0.417. The summed E-state index contributed by atoms with van der Waals surface area (Å²) in [5, 5.41) is 11.8. The molecule has 2 rings (SSSR count). The Kier molecular flexibility index (Phi) is 3.88. The van der Waals surface area contributed by atoms with Crippen molar-refractivity contribution in [1.82, 2.24) is 20.2 Å². The van der Waals surface area contributed by atoms with Crippen molar-refractivity contribution < 1.29 is 4.74 Å². The molecular formula is C12H17N5O. The minimum atomic E-state index is 0.623. The van der Waals surface area contributed by atoms with E-state index in [1.807, 2.05) is 25.1 Å². The number of hydrogen-bond donors (Lipinski definition) is 1. The quantitative estimate of drug-likeness (QED) is 0.848. The fourth-order valence-electron chi connectivity index (χ4n) is 1.77. The number of methoxy groups -OCH3 is 1. The number of aryl methyl sites for hydroxylation is 2. The first-order valence-corrected chi connectivity index (χ1v) is 5.88. The summed E-state index contributed by atoms with van der Waals surface area (Å²) in [6, 6.07) is 5.91. The van der Waals surface area contributed by atoms with Gasteiger partial charge < -0.3 is 10.5 Å². The topological polar surface area (TPSA) is 78.8 Å². The summed E-state index contributed by atoms with van der Waals surface area (Å²) in [4.78, 5) is 0. The Labute approximate surface area is 106 Å². The lowest BCUT2D eigenvalue weighted by atomic mass is 10.2. The molecule has 96 valence electrons. The maximum atomic E-state index is 5.51. The van der Waals surface area contributed by atoms with E-state index < -0.39 is 0 Å². The zero-order chi connectivity index (χ0) is 13.0. The monoisotopic (exact) mass is 247 g/mol. The number of hydrogen-bond acceptors (Lipinski definition) is 5. The highest BCUT2D eigenvalue weighted by atomic mass is 16.5. The Bertz CT molecular complexity index is 523. The van der Waals surface area contributed by atoms with Crippen LogP contribution in [0.4, 0.5) is 0 Å². The molecule has 18 heavy (non-hydrogen) atoms. The third-order valence-corrected chi connectivity index (χ3v) is 2.70. The lowest BCUT2D eigenvalue weighted by Gasteiger charge is -2.10. The molecule has 0 atom stereocenters. The van der Waals surface area contributed by atoms with Crippen LogP contribution in [0.15, 0.2) is 18.2 Å².